The molecule has 4 rings (SSSR count). The Morgan fingerprint density at radius 3 is 2.56 bits per heavy atom. The quantitative estimate of drug-likeness (QED) is 0.744. The number of rotatable bonds is 3. The molecule has 3 aromatic rings. The number of nitrogens with zero attached hydrogens (tertiary/aromatic N) is 1. The SMILES string of the molecule is C[C@H]1C[C@H](N(C(=O)c2ccco2)c2ccccc2)c2ccccc2N1. The Morgan fingerprint density at radius 1 is 1.04 bits per heavy atom. The third-order valence-electron chi connectivity index (χ3n) is 4.60. The molecule has 1 aliphatic heterocycles. The van der Waals surface area contributed by atoms with Gasteiger partial charge < -0.3 is 9.73 Å². The van der Waals surface area contributed by atoms with Gasteiger partial charge in [0.2, 0.25) is 0 Å². The highest BCUT2D eigenvalue weighted by atomic mass is 16.3. The lowest BCUT2D eigenvalue weighted by Crippen LogP contribution is -2.40. The van der Waals surface area contributed by atoms with Crippen LogP contribution in [0.2, 0.25) is 0 Å². The average Bonchev–Trinajstić information content (AvgIpc) is 3.17. The maximum atomic E-state index is 13.2. The van der Waals surface area contributed by atoms with Crippen LogP contribution >= 0.6 is 0 Å². The standard InChI is InChI=1S/C21H20N2O2/c1-15-14-19(17-10-5-6-11-18(17)22-15)23(16-8-3-2-4-9-16)21(24)20-12-7-13-25-20/h2-13,15,19,22H,14H2,1H3/t15-,19-/m0/s1. The lowest BCUT2D eigenvalue weighted by Gasteiger charge is -2.38. The van der Waals surface area contributed by atoms with Crippen LogP contribution in [0, 0.1) is 0 Å². The summed E-state index contributed by atoms with van der Waals surface area (Å²) in [5.41, 5.74) is 3.08. The third-order valence-corrected chi connectivity index (χ3v) is 4.60. The summed E-state index contributed by atoms with van der Waals surface area (Å²) in [5.74, 6) is 0.234. The molecule has 2 heterocycles. The van der Waals surface area contributed by atoms with E-state index in [0.29, 0.717) is 5.76 Å². The fraction of sp³-hybridized carbons (Fsp3) is 0.190. The average molecular weight is 332 g/mol. The number of furan rings is 1. The molecule has 0 bridgehead atoms. The molecule has 4 heteroatoms. The second-order valence-corrected chi connectivity index (χ2v) is 6.37. The second-order valence-electron chi connectivity index (χ2n) is 6.37. The van der Waals surface area contributed by atoms with Gasteiger partial charge in [-0.3, -0.25) is 9.69 Å². The van der Waals surface area contributed by atoms with Gasteiger partial charge in [0.05, 0.1) is 12.3 Å². The molecular formula is C21H20N2O2. The van der Waals surface area contributed by atoms with Crippen molar-refractivity contribution in [3.63, 3.8) is 0 Å². The van der Waals surface area contributed by atoms with Crippen molar-refractivity contribution in [2.75, 3.05) is 10.2 Å². The van der Waals surface area contributed by atoms with Gasteiger partial charge in [-0.05, 0) is 49.2 Å². The number of hydrogen-bond acceptors (Lipinski definition) is 3. The zero-order valence-electron chi connectivity index (χ0n) is 14.1. The van der Waals surface area contributed by atoms with Gasteiger partial charge in [0.15, 0.2) is 5.76 Å². The molecule has 0 spiro atoms. The fourth-order valence-electron chi connectivity index (χ4n) is 3.50. The van der Waals surface area contributed by atoms with Crippen molar-refractivity contribution >= 4 is 17.3 Å². The van der Waals surface area contributed by atoms with Crippen molar-refractivity contribution in [3.8, 4) is 0 Å². The Bertz CT molecular complexity index is 859. The number of anilines is 2. The number of hydrogen-bond donors (Lipinski definition) is 1. The zero-order chi connectivity index (χ0) is 17.2. The Morgan fingerprint density at radius 2 is 1.80 bits per heavy atom. The Labute approximate surface area is 147 Å². The largest absolute Gasteiger partial charge is 0.459 e. The van der Waals surface area contributed by atoms with Gasteiger partial charge in [0.25, 0.3) is 5.91 Å². The van der Waals surface area contributed by atoms with Gasteiger partial charge >= 0.3 is 0 Å². The molecule has 25 heavy (non-hydrogen) atoms. The van der Waals surface area contributed by atoms with E-state index in [1.807, 2.05) is 47.4 Å². The van der Waals surface area contributed by atoms with Gasteiger partial charge in [-0.15, -0.1) is 0 Å². The van der Waals surface area contributed by atoms with Crippen molar-refractivity contribution in [1.29, 1.82) is 0 Å². The summed E-state index contributed by atoms with van der Waals surface area (Å²) in [4.78, 5) is 15.1. The second kappa shape index (κ2) is 6.48. The highest BCUT2D eigenvalue weighted by Gasteiger charge is 2.34. The first-order chi connectivity index (χ1) is 12.2. The minimum Gasteiger partial charge on any atom is -0.459 e. The molecule has 0 saturated heterocycles. The van der Waals surface area contributed by atoms with Crippen molar-refractivity contribution in [2.45, 2.75) is 25.4 Å². The summed E-state index contributed by atoms with van der Waals surface area (Å²) in [6.07, 6.45) is 2.37. The van der Waals surface area contributed by atoms with Gasteiger partial charge in [0.1, 0.15) is 0 Å². The highest BCUT2D eigenvalue weighted by molar-refractivity contribution is 6.05. The number of para-hydroxylation sites is 2. The van der Waals surface area contributed by atoms with Crippen LogP contribution in [0.3, 0.4) is 0 Å². The zero-order valence-corrected chi connectivity index (χ0v) is 14.1. The molecule has 1 amide bonds. The van der Waals surface area contributed by atoms with E-state index in [4.69, 9.17) is 4.42 Å². The molecule has 0 saturated carbocycles. The first-order valence-electron chi connectivity index (χ1n) is 8.51. The molecule has 1 aromatic heterocycles. The van der Waals surface area contributed by atoms with Crippen LogP contribution in [0.4, 0.5) is 11.4 Å². The van der Waals surface area contributed by atoms with Crippen LogP contribution in [-0.4, -0.2) is 11.9 Å². The molecule has 0 radical (unpaired) electrons. The predicted molar refractivity (Wildman–Crippen MR) is 98.8 cm³/mol. The van der Waals surface area contributed by atoms with Crippen LogP contribution in [0.5, 0.6) is 0 Å². The van der Waals surface area contributed by atoms with E-state index in [1.165, 1.54) is 6.26 Å². The van der Waals surface area contributed by atoms with Crippen LogP contribution in [0.1, 0.15) is 35.5 Å². The maximum absolute atomic E-state index is 13.2. The molecule has 0 unspecified atom stereocenters. The first kappa shape index (κ1) is 15.5. The fourth-order valence-corrected chi connectivity index (χ4v) is 3.50. The van der Waals surface area contributed by atoms with Crippen molar-refractivity contribution in [2.24, 2.45) is 0 Å². The minimum atomic E-state index is -0.120. The first-order valence-corrected chi connectivity index (χ1v) is 8.51. The van der Waals surface area contributed by atoms with Crippen molar-refractivity contribution in [3.05, 3.63) is 84.3 Å². The molecular weight excluding hydrogens is 312 g/mol. The number of carbonyl (C=O) groups excluding carboxylic acids is 1. The summed E-state index contributed by atoms with van der Waals surface area (Å²) < 4.78 is 5.40. The van der Waals surface area contributed by atoms with E-state index in [-0.39, 0.29) is 18.0 Å². The van der Waals surface area contributed by atoms with Gasteiger partial charge in [-0.25, -0.2) is 0 Å². The monoisotopic (exact) mass is 332 g/mol. The number of nitrogens with one attached hydrogen (secondary N) is 1. The molecule has 0 fully saturated rings. The van der Waals surface area contributed by atoms with E-state index >= 15 is 0 Å². The summed E-state index contributed by atoms with van der Waals surface area (Å²) in [5, 5.41) is 3.51. The minimum absolute atomic E-state index is 0.0487. The van der Waals surface area contributed by atoms with E-state index < -0.39 is 0 Å². The molecule has 4 nitrogen and oxygen atoms in total. The molecule has 2 aromatic carbocycles. The third kappa shape index (κ3) is 2.91. The van der Waals surface area contributed by atoms with E-state index in [2.05, 4.69) is 24.4 Å². The Balaban J connectivity index is 1.83. The van der Waals surface area contributed by atoms with Gasteiger partial charge in [-0.2, -0.15) is 0 Å². The highest BCUT2D eigenvalue weighted by Crippen LogP contribution is 2.39. The van der Waals surface area contributed by atoms with Crippen LogP contribution in [0.15, 0.2) is 77.4 Å². The molecule has 126 valence electrons. The normalized spacial score (nSPS) is 18.9. The van der Waals surface area contributed by atoms with Crippen molar-refractivity contribution in [1.82, 2.24) is 0 Å². The van der Waals surface area contributed by atoms with Crippen LogP contribution in [-0.2, 0) is 0 Å². The van der Waals surface area contributed by atoms with E-state index in [9.17, 15) is 4.79 Å². The Kier molecular flexibility index (Phi) is 4.02. The van der Waals surface area contributed by atoms with Gasteiger partial charge in [0, 0.05) is 17.4 Å². The topological polar surface area (TPSA) is 45.5 Å². The van der Waals surface area contributed by atoms with Gasteiger partial charge in [-0.1, -0.05) is 36.4 Å². The van der Waals surface area contributed by atoms with E-state index in [0.717, 1.165) is 23.4 Å². The van der Waals surface area contributed by atoms with Crippen LogP contribution in [0.25, 0.3) is 0 Å². The number of amides is 1. The molecule has 1 N–H and O–H groups in total. The summed E-state index contributed by atoms with van der Waals surface area (Å²) >= 11 is 0. The number of fused-ring (bicyclic) bond motifs is 1. The summed E-state index contributed by atoms with van der Waals surface area (Å²) in [6, 6.07) is 21.7. The van der Waals surface area contributed by atoms with Crippen molar-refractivity contribution < 1.29 is 9.21 Å². The molecule has 0 aliphatic carbocycles. The predicted octanol–water partition coefficient (Wildman–Crippen LogP) is 4.87. The number of carbonyl (C=O) groups is 1. The number of benzene rings is 2. The maximum Gasteiger partial charge on any atom is 0.294 e. The lowest BCUT2D eigenvalue weighted by atomic mass is 9.91. The molecule has 1 aliphatic rings. The smallest absolute Gasteiger partial charge is 0.294 e. The van der Waals surface area contributed by atoms with Crippen LogP contribution < -0.4 is 10.2 Å². The van der Waals surface area contributed by atoms with E-state index in [1.54, 1.807) is 12.1 Å². The lowest BCUT2D eigenvalue weighted by molar-refractivity contribution is 0.0947. The summed E-state index contributed by atoms with van der Waals surface area (Å²) in [7, 11) is 0. The summed E-state index contributed by atoms with van der Waals surface area (Å²) in [6.45, 7) is 2.14. The Hall–Kier alpha value is -3.01. The molecule has 2 atom stereocenters.